The van der Waals surface area contributed by atoms with Crippen LogP contribution in [0.4, 0.5) is 0 Å². The Morgan fingerprint density at radius 1 is 0.303 bits per heavy atom. The van der Waals surface area contributed by atoms with Crippen LogP contribution >= 0.6 is 23.2 Å². The second kappa shape index (κ2) is 20.0. The molecular weight excluding hydrogens is 976 g/mol. The number of rotatable bonds is 8. The van der Waals surface area contributed by atoms with Crippen LogP contribution in [0.25, 0.3) is 123 Å². The Kier molecular flexibility index (Phi) is 11.0. The van der Waals surface area contributed by atoms with E-state index in [1.807, 2.05) is 126 Å². The normalized spacial score (nSPS) is 12.0. The highest BCUT2D eigenvalue weighted by Gasteiger charge is 2.20. The molecule has 0 saturated carbocycles. The zero-order chi connectivity index (χ0) is 54.4. The van der Waals surface area contributed by atoms with Gasteiger partial charge in [0, 0.05) is 55.2 Å². The summed E-state index contributed by atoms with van der Waals surface area (Å²) in [6.07, 6.45) is 0. The second-order valence-corrected chi connectivity index (χ2v) is 18.6. The quantitative estimate of drug-likeness (QED) is 0.151. The molecule has 0 atom stereocenters. The Morgan fingerprint density at radius 3 is 1.54 bits per heavy atom. The van der Waals surface area contributed by atoms with E-state index >= 15 is 0 Å². The van der Waals surface area contributed by atoms with E-state index in [-0.39, 0.29) is 34.7 Å². The largest absolute Gasteiger partial charge is 0.309 e. The number of hydrogen-bond acceptors (Lipinski definition) is 6. The number of nitrogens with zero attached hydrogens (tertiary/aromatic N) is 8. The average Bonchev–Trinajstić information content (AvgIpc) is 4.20. The van der Waals surface area contributed by atoms with Gasteiger partial charge >= 0.3 is 0 Å². The summed E-state index contributed by atoms with van der Waals surface area (Å²) in [5.74, 6) is 1.80. The molecule has 0 radical (unpaired) electrons. The standard InChI is InChI=1S/C39H25ClN4.C27H17ClN4/c40-39-42-37(41-38(43-39)34-20-8-7-18-31(34)27-14-5-2-6-15-27)29-22-23-33-32-19-9-10-21-35(32)44(36(33)25-29)30-17-11-16-28(24-30)26-12-3-1-4-13-26;28-27-30-25(18-10-3-1-4-11-18)29-26(31-27)21-15-9-17-23-24(21)20-14-7-8-16-22(20)32(23)19-12-5-2-6-13-19/h1-25H;1-17H/i;7D,8D,14D,16D. The molecule has 10 aromatic carbocycles. The van der Waals surface area contributed by atoms with Crippen molar-refractivity contribution in [1.82, 2.24) is 39.0 Å². The lowest BCUT2D eigenvalue weighted by molar-refractivity contribution is 1.07. The molecule has 360 valence electrons. The van der Waals surface area contributed by atoms with Crippen LogP contribution in [0, 0.1) is 0 Å². The van der Waals surface area contributed by atoms with Crippen LogP contribution in [0.5, 0.6) is 0 Å². The number of aromatic nitrogens is 8. The summed E-state index contributed by atoms with van der Waals surface area (Å²) >= 11 is 12.9. The summed E-state index contributed by atoms with van der Waals surface area (Å²) < 4.78 is 38.3. The molecule has 0 aliphatic heterocycles. The molecule has 8 nitrogen and oxygen atoms in total. The Bertz CT molecular complexity index is 4680. The Morgan fingerprint density at radius 2 is 0.803 bits per heavy atom. The van der Waals surface area contributed by atoms with Crippen LogP contribution < -0.4 is 0 Å². The first kappa shape index (κ1) is 41.8. The molecule has 4 aromatic heterocycles. The highest BCUT2D eigenvalue weighted by atomic mass is 35.5. The lowest BCUT2D eigenvalue weighted by Crippen LogP contribution is -1.99. The smallest absolute Gasteiger partial charge is 0.226 e. The molecule has 4 heterocycles. The van der Waals surface area contributed by atoms with Gasteiger partial charge in [0.2, 0.25) is 10.6 Å². The van der Waals surface area contributed by atoms with Crippen molar-refractivity contribution >= 4 is 66.8 Å². The molecule has 0 aliphatic carbocycles. The fourth-order valence-electron chi connectivity index (χ4n) is 9.97. The van der Waals surface area contributed by atoms with Crippen LogP contribution in [-0.2, 0) is 0 Å². The topological polar surface area (TPSA) is 87.2 Å². The van der Waals surface area contributed by atoms with Gasteiger partial charge in [-0.3, -0.25) is 0 Å². The number of benzene rings is 10. The summed E-state index contributed by atoms with van der Waals surface area (Å²) in [5.41, 5.74) is 12.8. The third-order valence-corrected chi connectivity index (χ3v) is 13.7. The van der Waals surface area contributed by atoms with E-state index in [0.717, 1.165) is 61.2 Å². The fraction of sp³-hybridized carbons (Fsp3) is 0. The Hall–Kier alpha value is -9.60. The van der Waals surface area contributed by atoms with Crippen LogP contribution in [0.1, 0.15) is 5.48 Å². The molecule has 0 unspecified atom stereocenters. The van der Waals surface area contributed by atoms with E-state index in [9.17, 15) is 0 Å². The van der Waals surface area contributed by atoms with Gasteiger partial charge < -0.3 is 9.13 Å². The van der Waals surface area contributed by atoms with Crippen molar-refractivity contribution in [2.75, 3.05) is 0 Å². The van der Waals surface area contributed by atoms with Gasteiger partial charge in [-0.1, -0.05) is 206 Å². The zero-order valence-electron chi connectivity index (χ0n) is 44.3. The van der Waals surface area contributed by atoms with Gasteiger partial charge in [0.15, 0.2) is 23.3 Å². The highest BCUT2D eigenvalue weighted by Crippen LogP contribution is 2.40. The van der Waals surface area contributed by atoms with Crippen LogP contribution in [0.3, 0.4) is 0 Å². The maximum atomic E-state index is 8.78. The van der Waals surface area contributed by atoms with Crippen molar-refractivity contribution in [2.24, 2.45) is 0 Å². The molecule has 0 aliphatic rings. The molecule has 0 saturated heterocycles. The summed E-state index contributed by atoms with van der Waals surface area (Å²) in [6, 6.07) is 76.1. The van der Waals surface area contributed by atoms with Crippen molar-refractivity contribution in [3.63, 3.8) is 0 Å². The van der Waals surface area contributed by atoms with E-state index < -0.39 is 0 Å². The van der Waals surface area contributed by atoms with Crippen LogP contribution in [0.15, 0.2) is 255 Å². The highest BCUT2D eigenvalue weighted by molar-refractivity contribution is 6.29. The van der Waals surface area contributed by atoms with Crippen LogP contribution in [-0.4, -0.2) is 39.0 Å². The molecule has 0 bridgehead atoms. The average molecular weight is 1020 g/mol. The fourth-order valence-corrected chi connectivity index (χ4v) is 10.3. The van der Waals surface area contributed by atoms with Gasteiger partial charge in [0.1, 0.15) is 0 Å². The van der Waals surface area contributed by atoms with Crippen molar-refractivity contribution in [3.05, 3.63) is 265 Å². The third kappa shape index (κ3) is 8.71. The molecule has 14 rings (SSSR count). The van der Waals surface area contributed by atoms with E-state index in [2.05, 4.69) is 134 Å². The number of fused-ring (bicyclic) bond motifs is 6. The molecule has 14 aromatic rings. The first-order chi connectivity index (χ1) is 39.2. The second-order valence-electron chi connectivity index (χ2n) is 17.9. The monoisotopic (exact) mass is 1020 g/mol. The lowest BCUT2D eigenvalue weighted by atomic mass is 9.99. The van der Waals surface area contributed by atoms with Gasteiger partial charge in [-0.05, 0) is 94.0 Å². The Labute approximate surface area is 453 Å². The summed E-state index contributed by atoms with van der Waals surface area (Å²) in [5, 5.41) is 3.54. The maximum absolute atomic E-state index is 8.78. The molecule has 10 heteroatoms. The molecular formula is C66H42Cl2N8. The molecule has 76 heavy (non-hydrogen) atoms. The van der Waals surface area contributed by atoms with E-state index in [1.54, 1.807) is 0 Å². The third-order valence-electron chi connectivity index (χ3n) is 13.3. The van der Waals surface area contributed by atoms with E-state index in [0.29, 0.717) is 50.7 Å². The summed E-state index contributed by atoms with van der Waals surface area (Å²) in [4.78, 5) is 27.5. The van der Waals surface area contributed by atoms with Crippen molar-refractivity contribution in [2.45, 2.75) is 0 Å². The summed E-state index contributed by atoms with van der Waals surface area (Å²) in [6.45, 7) is 0. The van der Waals surface area contributed by atoms with Gasteiger partial charge in [0.05, 0.1) is 27.5 Å². The molecule has 0 amide bonds. The number of halogens is 2. The Balaban J connectivity index is 0.000000154. The van der Waals surface area contributed by atoms with Gasteiger partial charge in [-0.25, -0.2) is 9.97 Å². The number of para-hydroxylation sites is 3. The lowest BCUT2D eigenvalue weighted by Gasteiger charge is -2.12. The van der Waals surface area contributed by atoms with Crippen LogP contribution in [0.2, 0.25) is 10.6 Å². The van der Waals surface area contributed by atoms with E-state index in [4.69, 9.17) is 38.7 Å². The minimum Gasteiger partial charge on any atom is -0.309 e. The van der Waals surface area contributed by atoms with Gasteiger partial charge in [-0.2, -0.15) is 19.9 Å². The summed E-state index contributed by atoms with van der Waals surface area (Å²) in [7, 11) is 0. The first-order valence-electron chi connectivity index (χ1n) is 26.5. The number of hydrogen-bond donors (Lipinski definition) is 0. The maximum Gasteiger partial charge on any atom is 0.226 e. The van der Waals surface area contributed by atoms with Crippen molar-refractivity contribution in [1.29, 1.82) is 0 Å². The minimum atomic E-state index is -0.298. The van der Waals surface area contributed by atoms with Gasteiger partial charge in [0.25, 0.3) is 0 Å². The molecule has 0 N–H and O–H groups in total. The predicted octanol–water partition coefficient (Wildman–Crippen LogP) is 17.2. The zero-order valence-corrected chi connectivity index (χ0v) is 41.8. The van der Waals surface area contributed by atoms with Crippen molar-refractivity contribution in [3.8, 4) is 79.2 Å². The minimum absolute atomic E-state index is 0.0320. The van der Waals surface area contributed by atoms with E-state index in [1.165, 1.54) is 10.9 Å². The SMILES string of the molecule is Clc1nc(-c2ccc3c4ccccc4n(-c4cccc(-c5ccccc5)c4)c3c2)nc(-c2ccccc2-c2ccccc2)n1.[2H]c1c([2H])c([2H])c2c(c1[2H])c1c(-c3nc(Cl)nc(-c4ccccc4)n3)cccc1n2-c1ccccc1. The molecule has 0 fully saturated rings. The molecule has 0 spiro atoms. The predicted molar refractivity (Wildman–Crippen MR) is 311 cm³/mol. The van der Waals surface area contributed by atoms with Gasteiger partial charge in [-0.15, -0.1) is 0 Å². The van der Waals surface area contributed by atoms with Crippen molar-refractivity contribution < 1.29 is 5.48 Å². The first-order valence-corrected chi connectivity index (χ1v) is 25.3.